The molecule has 0 saturated carbocycles. The van der Waals surface area contributed by atoms with Crippen molar-refractivity contribution >= 4 is 27.8 Å². The summed E-state index contributed by atoms with van der Waals surface area (Å²) in [6.45, 7) is 15.0. The number of thiazole rings is 1. The fourth-order valence-corrected chi connectivity index (χ4v) is 6.38. The minimum absolute atomic E-state index is 0.235. The zero-order chi connectivity index (χ0) is 23.4. The molecule has 2 N–H and O–H groups in total. The maximum atomic E-state index is 15.2. The van der Waals surface area contributed by atoms with Gasteiger partial charge in [-0.15, -0.1) is 11.3 Å². The minimum Gasteiger partial charge on any atom is -0.505 e. The highest BCUT2D eigenvalue weighted by Gasteiger charge is 2.44. The molecule has 5 heterocycles. The van der Waals surface area contributed by atoms with Crippen molar-refractivity contribution < 1.29 is 9.50 Å². The van der Waals surface area contributed by atoms with Crippen molar-refractivity contribution in [2.24, 2.45) is 5.41 Å². The second-order valence-electron chi connectivity index (χ2n) is 9.52. The molecule has 0 amide bonds. The van der Waals surface area contributed by atoms with Crippen LogP contribution in [-0.2, 0) is 13.0 Å². The lowest BCUT2D eigenvalue weighted by Crippen LogP contribution is -2.54. The van der Waals surface area contributed by atoms with E-state index < -0.39 is 11.6 Å². The first-order valence-corrected chi connectivity index (χ1v) is 12.4. The van der Waals surface area contributed by atoms with Crippen molar-refractivity contribution in [3.63, 3.8) is 0 Å². The molecule has 1 aromatic carbocycles. The Kier molecular flexibility index (Phi) is 4.97. The monoisotopic (exact) mass is 476 g/mol. The van der Waals surface area contributed by atoms with E-state index in [-0.39, 0.29) is 11.0 Å². The van der Waals surface area contributed by atoms with E-state index in [1.54, 1.807) is 23.5 Å². The summed E-state index contributed by atoms with van der Waals surface area (Å²) in [6.07, 6.45) is 1.69. The van der Waals surface area contributed by atoms with Gasteiger partial charge in [0.25, 0.3) is 0 Å². The molecule has 3 aliphatic rings. The number of fused-ring (bicyclic) bond motifs is 1. The average Bonchev–Trinajstić information content (AvgIpc) is 3.46. The maximum absolute atomic E-state index is 15.2. The summed E-state index contributed by atoms with van der Waals surface area (Å²) in [7, 11) is 0. The van der Waals surface area contributed by atoms with Crippen LogP contribution in [0.15, 0.2) is 23.7 Å². The Labute approximate surface area is 201 Å². The quantitative estimate of drug-likeness (QED) is 0.551. The number of aromatic nitrogens is 2. The van der Waals surface area contributed by atoms with Crippen LogP contribution < -0.4 is 15.1 Å². The van der Waals surface area contributed by atoms with Gasteiger partial charge in [0.15, 0.2) is 11.6 Å². The zero-order valence-corrected chi connectivity index (χ0v) is 19.8. The normalized spacial score (nSPS) is 18.6. The van der Waals surface area contributed by atoms with Crippen LogP contribution in [0.4, 0.5) is 20.9 Å². The number of phenolic OH excluding ortho intramolecular Hbond substituents is 1. The molecule has 34 heavy (non-hydrogen) atoms. The lowest BCUT2D eigenvalue weighted by molar-refractivity contribution is 0.199. The summed E-state index contributed by atoms with van der Waals surface area (Å²) in [5, 5.41) is 14.6. The van der Waals surface area contributed by atoms with Gasteiger partial charge >= 0.3 is 0 Å². The molecule has 0 aliphatic carbocycles. The van der Waals surface area contributed by atoms with E-state index in [9.17, 15) is 5.11 Å². The van der Waals surface area contributed by atoms with Crippen LogP contribution in [0.25, 0.3) is 16.0 Å². The highest BCUT2D eigenvalue weighted by Crippen LogP contribution is 2.47. The molecule has 2 aromatic heterocycles. The Morgan fingerprint density at radius 2 is 2.12 bits per heavy atom. The molecule has 0 bridgehead atoms. The number of benzene rings is 1. The summed E-state index contributed by atoms with van der Waals surface area (Å²) in [5.41, 5.74) is 6.08. The van der Waals surface area contributed by atoms with E-state index in [4.69, 9.17) is 11.6 Å². The first kappa shape index (κ1) is 21.3. The van der Waals surface area contributed by atoms with Gasteiger partial charge < -0.3 is 20.2 Å². The predicted molar refractivity (Wildman–Crippen MR) is 131 cm³/mol. The third kappa shape index (κ3) is 3.24. The molecule has 0 unspecified atom stereocenters. The van der Waals surface area contributed by atoms with E-state index in [0.29, 0.717) is 30.0 Å². The van der Waals surface area contributed by atoms with Crippen LogP contribution in [0.2, 0.25) is 0 Å². The van der Waals surface area contributed by atoms with Gasteiger partial charge in [-0.1, -0.05) is 12.1 Å². The number of hydrogen-bond donors (Lipinski definition) is 2. The number of rotatable bonds is 3. The van der Waals surface area contributed by atoms with E-state index in [0.717, 1.165) is 61.1 Å². The summed E-state index contributed by atoms with van der Waals surface area (Å²) < 4.78 is 15.2. The van der Waals surface area contributed by atoms with Crippen molar-refractivity contribution in [1.29, 1.82) is 0 Å². The van der Waals surface area contributed by atoms with Crippen LogP contribution in [0, 0.1) is 24.7 Å². The Morgan fingerprint density at radius 1 is 1.26 bits per heavy atom. The lowest BCUT2D eigenvalue weighted by atomic mass is 9.81. The first-order valence-electron chi connectivity index (χ1n) is 11.5. The Bertz CT molecular complexity index is 1330. The zero-order valence-electron chi connectivity index (χ0n) is 18.9. The number of aryl methyl sites for hydroxylation is 1. The molecule has 0 radical (unpaired) electrons. The van der Waals surface area contributed by atoms with Crippen molar-refractivity contribution in [2.75, 3.05) is 42.5 Å². The fraction of sp³-hybridized carbons (Fsp3) is 0.400. The van der Waals surface area contributed by atoms with Crippen LogP contribution >= 0.6 is 11.3 Å². The molecule has 2 fully saturated rings. The summed E-state index contributed by atoms with van der Waals surface area (Å²) in [4.78, 5) is 17.8. The average molecular weight is 477 g/mol. The first-order chi connectivity index (χ1) is 16.5. The number of nitrogens with zero attached hydrogens (tertiary/aromatic N) is 5. The number of aromatic hydroxyl groups is 1. The Morgan fingerprint density at radius 3 is 2.79 bits per heavy atom. The van der Waals surface area contributed by atoms with E-state index in [1.165, 1.54) is 6.07 Å². The molecule has 174 valence electrons. The molecule has 1 spiro atoms. The van der Waals surface area contributed by atoms with Gasteiger partial charge in [0.1, 0.15) is 10.8 Å². The SMILES string of the molecule is [C-]#[N+]c1c(N2CCC3(CNC3)C2)nc2c(c1-c1cccc(O)c1F)CCN(c1scnc1C)C2. The predicted octanol–water partition coefficient (Wildman–Crippen LogP) is 4.27. The van der Waals surface area contributed by atoms with E-state index in [2.05, 4.69) is 24.9 Å². The molecule has 9 heteroatoms. The molecule has 0 atom stereocenters. The highest BCUT2D eigenvalue weighted by atomic mass is 32.1. The van der Waals surface area contributed by atoms with Crippen molar-refractivity contribution in [3.05, 3.63) is 57.9 Å². The maximum Gasteiger partial charge on any atom is 0.236 e. The number of nitrogens with one attached hydrogen (secondary N) is 1. The van der Waals surface area contributed by atoms with Gasteiger partial charge in [0.05, 0.1) is 30.0 Å². The van der Waals surface area contributed by atoms with Crippen molar-refractivity contribution in [1.82, 2.24) is 15.3 Å². The van der Waals surface area contributed by atoms with E-state index in [1.807, 2.05) is 12.4 Å². The van der Waals surface area contributed by atoms with Gasteiger partial charge in [-0.3, -0.25) is 0 Å². The molecule has 6 rings (SSSR count). The van der Waals surface area contributed by atoms with Gasteiger partial charge in [0.2, 0.25) is 5.69 Å². The van der Waals surface area contributed by atoms with Crippen LogP contribution in [0.3, 0.4) is 0 Å². The number of phenols is 1. The number of pyridine rings is 1. The number of hydrogen-bond acceptors (Lipinski definition) is 7. The van der Waals surface area contributed by atoms with Crippen molar-refractivity contribution in [2.45, 2.75) is 26.3 Å². The van der Waals surface area contributed by atoms with Gasteiger partial charge in [-0.25, -0.2) is 19.2 Å². The molecule has 3 aromatic rings. The van der Waals surface area contributed by atoms with Crippen LogP contribution in [-0.4, -0.2) is 47.8 Å². The highest BCUT2D eigenvalue weighted by molar-refractivity contribution is 7.14. The van der Waals surface area contributed by atoms with Crippen LogP contribution in [0.1, 0.15) is 23.4 Å². The number of anilines is 2. The smallest absolute Gasteiger partial charge is 0.236 e. The third-order valence-corrected chi connectivity index (χ3v) is 8.40. The third-order valence-electron chi connectivity index (χ3n) is 7.42. The minimum atomic E-state index is -0.687. The topological polar surface area (TPSA) is 68.9 Å². The van der Waals surface area contributed by atoms with Crippen molar-refractivity contribution in [3.8, 4) is 16.9 Å². The van der Waals surface area contributed by atoms with Gasteiger partial charge in [-0.2, -0.15) is 0 Å². The Hall–Kier alpha value is -3.22. The van der Waals surface area contributed by atoms with E-state index >= 15 is 4.39 Å². The second kappa shape index (κ2) is 7.93. The largest absolute Gasteiger partial charge is 0.505 e. The lowest BCUT2D eigenvalue weighted by Gasteiger charge is -2.39. The molecule has 3 aliphatic heterocycles. The van der Waals surface area contributed by atoms with Gasteiger partial charge in [0, 0.05) is 43.7 Å². The fourth-order valence-electron chi connectivity index (χ4n) is 5.54. The molecule has 2 saturated heterocycles. The Balaban J connectivity index is 1.52. The van der Waals surface area contributed by atoms with Gasteiger partial charge in [-0.05, 0) is 37.0 Å². The summed E-state index contributed by atoms with van der Waals surface area (Å²) in [6, 6.07) is 4.63. The molecule has 7 nitrogen and oxygen atoms in total. The standard InChI is InChI=1S/C25H25FN6OS/c1-15-24(34-14-29-15)31-8-6-16-18(10-31)30-23(32-9-7-25(13-32)11-28-12-25)22(27-2)20(16)17-4-3-5-19(33)21(17)26/h3-5,14,28,33H,6-13H2,1H3. The molecular formula is C25H25FN6OS. The summed E-state index contributed by atoms with van der Waals surface area (Å²) in [5.74, 6) is -0.453. The second-order valence-corrected chi connectivity index (χ2v) is 10.4. The molecular weight excluding hydrogens is 451 g/mol. The summed E-state index contributed by atoms with van der Waals surface area (Å²) >= 11 is 1.61. The number of halogens is 1. The van der Waals surface area contributed by atoms with Crippen LogP contribution in [0.5, 0.6) is 5.75 Å².